The van der Waals surface area contributed by atoms with Crippen LogP contribution in [-0.4, -0.2) is 56.1 Å². The number of likely N-dealkylation sites (tertiary alicyclic amines) is 1. The highest BCUT2D eigenvalue weighted by Gasteiger charge is 2.31. The Kier molecular flexibility index (Phi) is 12.5. The van der Waals surface area contributed by atoms with Gasteiger partial charge in [0.2, 0.25) is 21.8 Å². The minimum atomic E-state index is -3.59. The number of carbonyl (C=O) groups excluding carboxylic acids is 2. The molecule has 1 aromatic heterocycles. The van der Waals surface area contributed by atoms with Gasteiger partial charge in [-0.1, -0.05) is 45.1 Å². The number of methoxy groups -OCH3 is 1. The molecule has 2 aromatic rings. The van der Waals surface area contributed by atoms with Crippen LogP contribution in [0.3, 0.4) is 0 Å². The smallest absolute Gasteiger partial charge is 0.273 e. The van der Waals surface area contributed by atoms with E-state index < -0.39 is 15.9 Å². The van der Waals surface area contributed by atoms with Gasteiger partial charge in [-0.25, -0.2) is 13.4 Å². The van der Waals surface area contributed by atoms with Crippen LogP contribution >= 0.6 is 0 Å². The van der Waals surface area contributed by atoms with Crippen molar-refractivity contribution >= 4 is 21.8 Å². The molecule has 1 atom stereocenters. The third kappa shape index (κ3) is 9.62. The van der Waals surface area contributed by atoms with Crippen LogP contribution in [0.2, 0.25) is 0 Å². The van der Waals surface area contributed by atoms with E-state index in [-0.39, 0.29) is 24.1 Å². The summed E-state index contributed by atoms with van der Waals surface area (Å²) < 4.78 is 36.8. The lowest BCUT2D eigenvalue weighted by Crippen LogP contribution is -2.32. The average Bonchev–Trinajstić information content (AvgIpc) is 3.61. The van der Waals surface area contributed by atoms with Gasteiger partial charge in [-0.2, -0.15) is 0 Å². The fraction of sp³-hybridized carbons (Fsp3) is 0.621. The van der Waals surface area contributed by atoms with Gasteiger partial charge in [-0.05, 0) is 62.4 Å². The molecular formula is C29H44N4O6S. The molecule has 0 unspecified atom stereocenters. The number of nitrogens with zero attached hydrogens (tertiary/aromatic N) is 2. The maximum atomic E-state index is 12.6. The maximum Gasteiger partial charge on any atom is 0.273 e. The highest BCUT2D eigenvalue weighted by Crippen LogP contribution is 2.34. The number of benzene rings is 1. The van der Waals surface area contributed by atoms with Crippen molar-refractivity contribution in [1.29, 1.82) is 0 Å². The summed E-state index contributed by atoms with van der Waals surface area (Å²) in [6, 6.07) is 5.63. The van der Waals surface area contributed by atoms with Gasteiger partial charge >= 0.3 is 0 Å². The van der Waals surface area contributed by atoms with E-state index in [1.165, 1.54) is 38.9 Å². The normalized spacial score (nSPS) is 15.7. The van der Waals surface area contributed by atoms with E-state index in [9.17, 15) is 18.0 Å². The second-order valence-electron chi connectivity index (χ2n) is 10.3. The van der Waals surface area contributed by atoms with Gasteiger partial charge in [0.25, 0.3) is 5.91 Å². The minimum absolute atomic E-state index is 0.0545. The largest absolute Gasteiger partial charge is 0.497 e. The summed E-state index contributed by atoms with van der Waals surface area (Å²) in [5, 5.41) is 2.95. The standard InChI is InChI=1S/C29H44N4O6S/c1-4-6-7-8-9-10-17-30-28(35)25-21-39-29(31-25)26-12-11-18-33(26)20-23-19-24(38-3)15-13-22(23)14-16-27(34)32-40(36,37)5-2/h13,15,19,21,26H,4-12,14,16-18,20H2,1-3H3,(H,30,35)(H,32,34)/t26-/m0/s1. The number of carbonyl (C=O) groups is 2. The SMILES string of the molecule is CCCCCCCCNC(=O)c1coc([C@@H]2CCCN2Cc2cc(OC)ccc2CCC(=O)NS(=O)(=O)CC)n1. The van der Waals surface area contributed by atoms with Gasteiger partial charge in [-0.15, -0.1) is 0 Å². The molecule has 0 aliphatic carbocycles. The number of aromatic nitrogens is 1. The zero-order valence-electron chi connectivity index (χ0n) is 24.0. The van der Waals surface area contributed by atoms with Crippen molar-refractivity contribution in [1.82, 2.24) is 19.9 Å². The van der Waals surface area contributed by atoms with Crippen molar-refractivity contribution < 1.29 is 27.2 Å². The Labute approximate surface area is 238 Å². The van der Waals surface area contributed by atoms with Gasteiger partial charge < -0.3 is 14.5 Å². The Bertz CT molecular complexity index is 1210. The van der Waals surface area contributed by atoms with E-state index in [0.29, 0.717) is 36.8 Å². The third-order valence-electron chi connectivity index (χ3n) is 7.28. The van der Waals surface area contributed by atoms with E-state index >= 15 is 0 Å². The summed E-state index contributed by atoms with van der Waals surface area (Å²) in [6.45, 7) is 5.72. The van der Waals surface area contributed by atoms with E-state index in [1.807, 2.05) is 18.2 Å². The lowest BCUT2D eigenvalue weighted by molar-refractivity contribution is -0.119. The summed E-state index contributed by atoms with van der Waals surface area (Å²) in [4.78, 5) is 31.6. The molecule has 2 amide bonds. The topological polar surface area (TPSA) is 131 Å². The second-order valence-corrected chi connectivity index (χ2v) is 12.3. The number of hydrogen-bond acceptors (Lipinski definition) is 8. The summed E-state index contributed by atoms with van der Waals surface area (Å²) in [5.74, 6) is 0.340. The number of aryl methyl sites for hydroxylation is 1. The van der Waals surface area contributed by atoms with Crippen molar-refractivity contribution in [3.63, 3.8) is 0 Å². The molecule has 222 valence electrons. The zero-order valence-corrected chi connectivity index (χ0v) is 24.9. The van der Waals surface area contributed by atoms with Gasteiger partial charge in [0.05, 0.1) is 18.9 Å². The van der Waals surface area contributed by atoms with Gasteiger partial charge in [0.1, 0.15) is 12.0 Å². The highest BCUT2D eigenvalue weighted by atomic mass is 32.2. The minimum Gasteiger partial charge on any atom is -0.497 e. The van der Waals surface area contributed by atoms with E-state index in [2.05, 4.69) is 26.8 Å². The van der Waals surface area contributed by atoms with Crippen LogP contribution in [0, 0.1) is 0 Å². The molecule has 0 radical (unpaired) electrons. The Morgan fingerprint density at radius 3 is 2.65 bits per heavy atom. The lowest BCUT2D eigenvalue weighted by Gasteiger charge is -2.23. The summed E-state index contributed by atoms with van der Waals surface area (Å²) in [7, 11) is -1.99. The molecule has 11 heteroatoms. The highest BCUT2D eigenvalue weighted by molar-refractivity contribution is 7.90. The van der Waals surface area contributed by atoms with E-state index in [1.54, 1.807) is 7.11 Å². The molecule has 1 aliphatic rings. The number of oxazole rings is 1. The third-order valence-corrected chi connectivity index (χ3v) is 8.58. The van der Waals surface area contributed by atoms with Gasteiger partial charge in [0.15, 0.2) is 5.69 Å². The predicted octanol–water partition coefficient (Wildman–Crippen LogP) is 4.51. The van der Waals surface area contributed by atoms with Crippen molar-refractivity contribution in [3.05, 3.63) is 47.2 Å². The molecule has 1 saturated heterocycles. The van der Waals surface area contributed by atoms with Crippen LogP contribution in [0.4, 0.5) is 0 Å². The molecule has 1 aromatic carbocycles. The quantitative estimate of drug-likeness (QED) is 0.263. The maximum absolute atomic E-state index is 12.6. The molecule has 40 heavy (non-hydrogen) atoms. The molecule has 0 saturated carbocycles. The first-order chi connectivity index (χ1) is 19.3. The molecule has 1 fully saturated rings. The number of amides is 2. The Morgan fingerprint density at radius 2 is 1.90 bits per heavy atom. The first-order valence-electron chi connectivity index (χ1n) is 14.4. The fourth-order valence-corrected chi connectivity index (χ4v) is 5.52. The molecule has 0 spiro atoms. The summed E-state index contributed by atoms with van der Waals surface area (Å²) in [6.07, 6.45) is 10.7. The number of ether oxygens (including phenoxy) is 1. The van der Waals surface area contributed by atoms with E-state index in [4.69, 9.17) is 9.15 Å². The van der Waals surface area contributed by atoms with Crippen molar-refractivity contribution in [3.8, 4) is 5.75 Å². The fourth-order valence-electron chi connectivity index (χ4n) is 4.92. The predicted molar refractivity (Wildman–Crippen MR) is 154 cm³/mol. The number of hydrogen-bond donors (Lipinski definition) is 2. The number of sulfonamides is 1. The van der Waals surface area contributed by atoms with Crippen molar-refractivity contribution in [2.45, 2.75) is 90.6 Å². The van der Waals surface area contributed by atoms with Crippen LogP contribution in [0.15, 0.2) is 28.9 Å². The molecule has 3 rings (SSSR count). The molecule has 10 nitrogen and oxygen atoms in total. The number of nitrogens with one attached hydrogen (secondary N) is 2. The van der Waals surface area contributed by atoms with Crippen LogP contribution < -0.4 is 14.8 Å². The molecule has 2 heterocycles. The average molecular weight is 577 g/mol. The lowest BCUT2D eigenvalue weighted by atomic mass is 10.0. The molecular weight excluding hydrogens is 532 g/mol. The Morgan fingerprint density at radius 1 is 1.12 bits per heavy atom. The van der Waals surface area contributed by atoms with Gasteiger partial charge in [0, 0.05) is 19.5 Å². The monoisotopic (exact) mass is 576 g/mol. The Hall–Kier alpha value is -2.92. The zero-order chi connectivity index (χ0) is 29.0. The second kappa shape index (κ2) is 15.8. The van der Waals surface area contributed by atoms with Crippen LogP contribution in [0.25, 0.3) is 0 Å². The van der Waals surface area contributed by atoms with Crippen LogP contribution in [0.1, 0.15) is 105 Å². The molecule has 2 N–H and O–H groups in total. The van der Waals surface area contributed by atoms with Crippen molar-refractivity contribution in [2.24, 2.45) is 0 Å². The van der Waals surface area contributed by atoms with Gasteiger partial charge in [-0.3, -0.25) is 19.2 Å². The van der Waals surface area contributed by atoms with Crippen molar-refractivity contribution in [2.75, 3.05) is 26.0 Å². The first-order valence-corrected chi connectivity index (χ1v) is 16.1. The first kappa shape index (κ1) is 31.6. The number of unbranched alkanes of at least 4 members (excludes halogenated alkanes) is 5. The molecule has 0 bridgehead atoms. The number of rotatable bonds is 17. The summed E-state index contributed by atoms with van der Waals surface area (Å²) >= 11 is 0. The molecule has 1 aliphatic heterocycles. The van der Waals surface area contributed by atoms with Crippen LogP contribution in [-0.2, 0) is 27.8 Å². The van der Waals surface area contributed by atoms with E-state index in [0.717, 1.165) is 43.4 Å². The van der Waals surface area contributed by atoms with Crippen LogP contribution in [0.5, 0.6) is 5.75 Å². The Balaban J connectivity index is 1.60. The summed E-state index contributed by atoms with van der Waals surface area (Å²) in [5.41, 5.74) is 2.22.